The summed E-state index contributed by atoms with van der Waals surface area (Å²) in [5.74, 6) is 0. The Kier molecular flexibility index (Phi) is 3.64. The van der Waals surface area contributed by atoms with Crippen LogP contribution in [-0.2, 0) is 0 Å². The first kappa shape index (κ1) is 11.2. The maximum absolute atomic E-state index is 3.07. The van der Waals surface area contributed by atoms with Crippen LogP contribution >= 0.6 is 0 Å². The van der Waals surface area contributed by atoms with Crippen LogP contribution in [0.5, 0.6) is 0 Å². The molecule has 1 aliphatic heterocycles. The molecule has 88 valence electrons. The van der Waals surface area contributed by atoms with E-state index in [4.69, 9.17) is 0 Å². The fourth-order valence-electron chi connectivity index (χ4n) is 1.96. The molecule has 0 aliphatic carbocycles. The van der Waals surface area contributed by atoms with Gasteiger partial charge in [0, 0.05) is 44.6 Å². The summed E-state index contributed by atoms with van der Waals surface area (Å²) in [6, 6.07) is 8.55. The Bertz CT molecular complexity index is 314. The Hall–Kier alpha value is -1.26. The highest BCUT2D eigenvalue weighted by molar-refractivity contribution is 5.54. The Morgan fingerprint density at radius 3 is 2.19 bits per heavy atom. The van der Waals surface area contributed by atoms with E-state index in [-0.39, 0.29) is 0 Å². The summed E-state index contributed by atoms with van der Waals surface area (Å²) in [5, 5.41) is 0. The zero-order valence-electron chi connectivity index (χ0n) is 10.0. The van der Waals surface area contributed by atoms with E-state index >= 15 is 0 Å². The fourth-order valence-corrected chi connectivity index (χ4v) is 1.96. The van der Waals surface area contributed by atoms with Gasteiger partial charge in [0.2, 0.25) is 0 Å². The monoisotopic (exact) mass is 220 g/mol. The molecule has 0 saturated carbocycles. The molecule has 0 radical (unpaired) electrons. The predicted octanol–water partition coefficient (Wildman–Crippen LogP) is 0.985. The van der Waals surface area contributed by atoms with Crippen LogP contribution in [0.2, 0.25) is 0 Å². The lowest BCUT2D eigenvalue weighted by molar-refractivity contribution is 0.313. The number of likely N-dealkylation sites (N-methyl/N-ethyl adjacent to an activating group) is 1. The van der Waals surface area contributed by atoms with Gasteiger partial charge in [-0.25, -0.2) is 5.43 Å². The van der Waals surface area contributed by atoms with Gasteiger partial charge in [-0.1, -0.05) is 0 Å². The maximum Gasteiger partial charge on any atom is 0.0488 e. The molecule has 0 aromatic heterocycles. The molecule has 0 amide bonds. The first-order valence-electron chi connectivity index (χ1n) is 5.76. The molecule has 1 fully saturated rings. The highest BCUT2D eigenvalue weighted by Gasteiger charge is 2.13. The minimum Gasteiger partial charge on any atom is -0.369 e. The van der Waals surface area contributed by atoms with Crippen LogP contribution in [-0.4, -0.2) is 45.2 Å². The molecule has 1 saturated heterocycles. The summed E-state index contributed by atoms with van der Waals surface area (Å²) in [6.07, 6.45) is 0. The maximum atomic E-state index is 3.07. The van der Waals surface area contributed by atoms with Crippen molar-refractivity contribution in [3.05, 3.63) is 24.3 Å². The Balaban J connectivity index is 1.98. The van der Waals surface area contributed by atoms with Crippen molar-refractivity contribution in [3.8, 4) is 0 Å². The van der Waals surface area contributed by atoms with E-state index in [0.29, 0.717) is 0 Å². The summed E-state index contributed by atoms with van der Waals surface area (Å²) >= 11 is 0. The summed E-state index contributed by atoms with van der Waals surface area (Å²) in [7, 11) is 4.05. The molecule has 0 atom stereocenters. The summed E-state index contributed by atoms with van der Waals surface area (Å²) < 4.78 is 0. The summed E-state index contributed by atoms with van der Waals surface area (Å²) in [6.45, 7) is 4.54. The number of piperazine rings is 1. The second-order valence-electron chi connectivity index (χ2n) is 4.21. The normalized spacial score (nSPS) is 17.5. The highest BCUT2D eigenvalue weighted by atomic mass is 15.3. The average Bonchev–Trinajstić information content (AvgIpc) is 2.32. The molecule has 0 spiro atoms. The van der Waals surface area contributed by atoms with Crippen LogP contribution in [0.4, 0.5) is 11.4 Å². The number of anilines is 2. The Morgan fingerprint density at radius 2 is 1.62 bits per heavy atom. The highest BCUT2D eigenvalue weighted by Crippen LogP contribution is 2.18. The third kappa shape index (κ3) is 2.65. The van der Waals surface area contributed by atoms with E-state index < -0.39 is 0 Å². The number of hydrogen-bond donors (Lipinski definition) is 2. The molecule has 2 rings (SSSR count). The van der Waals surface area contributed by atoms with E-state index in [0.717, 1.165) is 31.9 Å². The van der Waals surface area contributed by atoms with Gasteiger partial charge in [0.25, 0.3) is 0 Å². The van der Waals surface area contributed by atoms with Gasteiger partial charge in [0.15, 0.2) is 0 Å². The van der Waals surface area contributed by atoms with Gasteiger partial charge in [-0.15, -0.1) is 0 Å². The van der Waals surface area contributed by atoms with Crippen LogP contribution in [0.25, 0.3) is 0 Å². The van der Waals surface area contributed by atoms with Crippen LogP contribution < -0.4 is 15.8 Å². The predicted molar refractivity (Wildman–Crippen MR) is 68.8 cm³/mol. The SMILES string of the molecule is CNNc1ccc(N2CCN(C)CC2)cc1. The van der Waals surface area contributed by atoms with Crippen molar-refractivity contribution in [2.75, 3.05) is 50.6 Å². The minimum absolute atomic E-state index is 1.10. The molecule has 2 N–H and O–H groups in total. The standard InChI is InChI=1S/C12H20N4/c1-13-14-11-3-5-12(6-4-11)16-9-7-15(2)8-10-16/h3-6,13-14H,7-10H2,1-2H3. The molecule has 4 heteroatoms. The zero-order valence-corrected chi connectivity index (χ0v) is 10.0. The molecule has 1 aliphatic rings. The van der Waals surface area contributed by atoms with E-state index in [1.165, 1.54) is 5.69 Å². The lowest BCUT2D eigenvalue weighted by atomic mass is 10.2. The van der Waals surface area contributed by atoms with Gasteiger partial charge in [-0.3, -0.25) is 0 Å². The Labute approximate surface area is 97.2 Å². The third-order valence-corrected chi connectivity index (χ3v) is 3.01. The van der Waals surface area contributed by atoms with E-state index in [9.17, 15) is 0 Å². The topological polar surface area (TPSA) is 30.5 Å². The quantitative estimate of drug-likeness (QED) is 0.744. The number of nitrogens with zero attached hydrogens (tertiary/aromatic N) is 2. The van der Waals surface area contributed by atoms with Gasteiger partial charge in [0.1, 0.15) is 0 Å². The van der Waals surface area contributed by atoms with Crippen molar-refractivity contribution in [1.29, 1.82) is 0 Å². The first-order chi connectivity index (χ1) is 7.79. The average molecular weight is 220 g/mol. The summed E-state index contributed by atoms with van der Waals surface area (Å²) in [5.41, 5.74) is 8.40. The second-order valence-corrected chi connectivity index (χ2v) is 4.21. The molecule has 1 aromatic rings. The lowest BCUT2D eigenvalue weighted by Gasteiger charge is -2.34. The minimum atomic E-state index is 1.10. The first-order valence-corrected chi connectivity index (χ1v) is 5.76. The molecule has 4 nitrogen and oxygen atoms in total. The summed E-state index contributed by atoms with van der Waals surface area (Å²) in [4.78, 5) is 4.80. The van der Waals surface area contributed by atoms with Crippen molar-refractivity contribution in [2.24, 2.45) is 0 Å². The van der Waals surface area contributed by atoms with Gasteiger partial charge in [-0.05, 0) is 31.3 Å². The van der Waals surface area contributed by atoms with Crippen molar-refractivity contribution in [2.45, 2.75) is 0 Å². The molecular weight excluding hydrogens is 200 g/mol. The number of rotatable bonds is 3. The molecule has 16 heavy (non-hydrogen) atoms. The van der Waals surface area contributed by atoms with E-state index in [2.05, 4.69) is 52.0 Å². The second kappa shape index (κ2) is 5.18. The smallest absolute Gasteiger partial charge is 0.0488 e. The number of benzene rings is 1. The molecule has 1 heterocycles. The van der Waals surface area contributed by atoms with Crippen molar-refractivity contribution < 1.29 is 0 Å². The number of hydrogen-bond acceptors (Lipinski definition) is 4. The molecular formula is C12H20N4. The largest absolute Gasteiger partial charge is 0.369 e. The van der Waals surface area contributed by atoms with Crippen LogP contribution in [0.3, 0.4) is 0 Å². The molecule has 1 aromatic carbocycles. The van der Waals surface area contributed by atoms with Gasteiger partial charge in [-0.2, -0.15) is 0 Å². The lowest BCUT2D eigenvalue weighted by Crippen LogP contribution is -2.44. The Morgan fingerprint density at radius 1 is 1.00 bits per heavy atom. The zero-order chi connectivity index (χ0) is 11.4. The van der Waals surface area contributed by atoms with E-state index in [1.54, 1.807) is 0 Å². The van der Waals surface area contributed by atoms with E-state index in [1.807, 2.05) is 7.05 Å². The van der Waals surface area contributed by atoms with Crippen molar-refractivity contribution in [1.82, 2.24) is 10.3 Å². The van der Waals surface area contributed by atoms with Crippen molar-refractivity contribution >= 4 is 11.4 Å². The van der Waals surface area contributed by atoms with Crippen LogP contribution in [0.1, 0.15) is 0 Å². The molecule has 0 unspecified atom stereocenters. The van der Waals surface area contributed by atoms with Crippen LogP contribution in [0, 0.1) is 0 Å². The third-order valence-electron chi connectivity index (χ3n) is 3.01. The van der Waals surface area contributed by atoms with Gasteiger partial charge < -0.3 is 15.2 Å². The number of hydrazine groups is 1. The van der Waals surface area contributed by atoms with Crippen molar-refractivity contribution in [3.63, 3.8) is 0 Å². The number of nitrogens with one attached hydrogen (secondary N) is 2. The van der Waals surface area contributed by atoms with Gasteiger partial charge in [0.05, 0.1) is 0 Å². The van der Waals surface area contributed by atoms with Gasteiger partial charge >= 0.3 is 0 Å². The van der Waals surface area contributed by atoms with Crippen LogP contribution in [0.15, 0.2) is 24.3 Å². The molecule has 0 bridgehead atoms. The fraction of sp³-hybridized carbons (Fsp3) is 0.500.